The van der Waals surface area contributed by atoms with Gasteiger partial charge in [-0.25, -0.2) is 4.98 Å². The molecule has 4 aromatic rings. The number of methoxy groups -OCH3 is 3. The quantitative estimate of drug-likeness (QED) is 0.316. The molecule has 2 N–H and O–H groups in total. The molecule has 0 aliphatic heterocycles. The number of hydrogen-bond acceptors (Lipinski definition) is 6. The lowest BCUT2D eigenvalue weighted by atomic mass is 9.96. The minimum absolute atomic E-state index is 0.102. The Balaban J connectivity index is 1.96. The lowest BCUT2D eigenvalue weighted by molar-refractivity contribution is 0.356. The maximum Gasteiger partial charge on any atom is 0.252 e. The van der Waals surface area contributed by atoms with Crippen LogP contribution >= 0.6 is 0 Å². The monoisotopic (exact) mass is 475 g/mol. The van der Waals surface area contributed by atoms with Crippen LogP contribution in [0.3, 0.4) is 0 Å². The minimum atomic E-state index is -0.102. The first-order valence-electron chi connectivity index (χ1n) is 12.0. The zero-order chi connectivity index (χ0) is 24.9. The van der Waals surface area contributed by atoms with Crippen molar-refractivity contribution >= 4 is 27.5 Å². The van der Waals surface area contributed by atoms with Crippen LogP contribution in [0, 0.1) is 0 Å². The van der Waals surface area contributed by atoms with Gasteiger partial charge in [0.15, 0.2) is 11.5 Å². The van der Waals surface area contributed by atoms with Gasteiger partial charge >= 0.3 is 0 Å². The maximum absolute atomic E-state index is 13.4. The molecule has 184 valence electrons. The summed E-state index contributed by atoms with van der Waals surface area (Å²) in [4.78, 5) is 21.4. The van der Waals surface area contributed by atoms with Crippen LogP contribution in [0.15, 0.2) is 41.2 Å². The van der Waals surface area contributed by atoms with Crippen molar-refractivity contribution in [3.8, 4) is 17.2 Å². The predicted octanol–water partition coefficient (Wildman–Crippen LogP) is 5.47. The second-order valence-electron chi connectivity index (χ2n) is 8.54. The maximum atomic E-state index is 13.4. The van der Waals surface area contributed by atoms with E-state index in [1.165, 1.54) is 0 Å². The van der Waals surface area contributed by atoms with Crippen LogP contribution < -0.4 is 25.1 Å². The van der Waals surface area contributed by atoms with Crippen LogP contribution in [-0.4, -0.2) is 37.8 Å². The zero-order valence-electron chi connectivity index (χ0n) is 21.1. The van der Waals surface area contributed by atoms with Crippen molar-refractivity contribution in [3.05, 3.63) is 63.6 Å². The Labute approximate surface area is 205 Å². The van der Waals surface area contributed by atoms with E-state index < -0.39 is 0 Å². The van der Waals surface area contributed by atoms with Gasteiger partial charge in [-0.05, 0) is 54.1 Å². The smallest absolute Gasteiger partial charge is 0.252 e. The molecule has 2 aromatic heterocycles. The fraction of sp³-hybridized carbons (Fsp3) is 0.357. The van der Waals surface area contributed by atoms with Crippen molar-refractivity contribution in [2.45, 2.75) is 39.5 Å². The normalized spacial score (nSPS) is 11.1. The summed E-state index contributed by atoms with van der Waals surface area (Å²) in [5, 5.41) is 6.18. The summed E-state index contributed by atoms with van der Waals surface area (Å²) in [6.45, 7) is 4.99. The van der Waals surface area contributed by atoms with Gasteiger partial charge in [-0.1, -0.05) is 26.3 Å². The Morgan fingerprint density at radius 1 is 0.886 bits per heavy atom. The summed E-state index contributed by atoms with van der Waals surface area (Å²) in [6.07, 6.45) is 3.04. The van der Waals surface area contributed by atoms with E-state index in [1.807, 2.05) is 30.3 Å². The van der Waals surface area contributed by atoms with Crippen LogP contribution in [0.2, 0.25) is 0 Å². The number of rotatable bonds is 10. The highest BCUT2D eigenvalue weighted by atomic mass is 16.5. The van der Waals surface area contributed by atoms with Crippen molar-refractivity contribution in [1.29, 1.82) is 0 Å². The fourth-order valence-corrected chi connectivity index (χ4v) is 4.51. The number of nitrogens with zero attached hydrogens (tertiary/aromatic N) is 1. The van der Waals surface area contributed by atoms with Gasteiger partial charge in [0.05, 0.1) is 26.8 Å². The number of pyridine rings is 2. The van der Waals surface area contributed by atoms with Gasteiger partial charge in [-0.3, -0.25) is 4.79 Å². The fourth-order valence-electron chi connectivity index (χ4n) is 4.51. The average molecular weight is 476 g/mol. The molecule has 0 radical (unpaired) electrons. The summed E-state index contributed by atoms with van der Waals surface area (Å²) in [7, 11) is 4.88. The molecule has 0 spiro atoms. The number of aromatic nitrogens is 2. The number of fused-ring (bicyclic) bond motifs is 2. The molecule has 0 unspecified atom stereocenters. The minimum Gasteiger partial charge on any atom is -0.496 e. The van der Waals surface area contributed by atoms with E-state index in [2.05, 4.69) is 30.2 Å². The third kappa shape index (κ3) is 4.76. The molecule has 0 fully saturated rings. The molecule has 0 aliphatic rings. The number of H-pyrrole nitrogens is 1. The first kappa shape index (κ1) is 24.4. The second-order valence-corrected chi connectivity index (χ2v) is 8.54. The molecule has 0 bridgehead atoms. The van der Waals surface area contributed by atoms with Crippen molar-refractivity contribution in [2.75, 3.05) is 33.2 Å². The molecule has 2 aromatic carbocycles. The summed E-state index contributed by atoms with van der Waals surface area (Å²) < 4.78 is 16.7. The average Bonchev–Trinajstić information content (AvgIpc) is 2.88. The number of aromatic amines is 1. The molecule has 35 heavy (non-hydrogen) atoms. The summed E-state index contributed by atoms with van der Waals surface area (Å²) in [5.41, 5.74) is 3.24. The topological polar surface area (TPSA) is 85.5 Å². The highest BCUT2D eigenvalue weighted by molar-refractivity contribution is 5.92. The Morgan fingerprint density at radius 3 is 2.26 bits per heavy atom. The van der Waals surface area contributed by atoms with E-state index >= 15 is 0 Å². The van der Waals surface area contributed by atoms with Crippen LogP contribution in [0.4, 0.5) is 5.82 Å². The molecular formula is C28H33N3O4. The number of aryl methyl sites for hydroxylation is 1. The van der Waals surface area contributed by atoms with Gasteiger partial charge in [-0.2, -0.15) is 0 Å². The summed E-state index contributed by atoms with van der Waals surface area (Å²) >= 11 is 0. The van der Waals surface area contributed by atoms with E-state index in [0.717, 1.165) is 70.3 Å². The van der Waals surface area contributed by atoms with E-state index in [0.29, 0.717) is 23.5 Å². The second kappa shape index (κ2) is 10.7. The Hall–Kier alpha value is -3.74. The van der Waals surface area contributed by atoms with Crippen molar-refractivity contribution in [3.63, 3.8) is 0 Å². The highest BCUT2D eigenvalue weighted by Gasteiger charge is 2.18. The molecule has 4 rings (SSSR count). The molecule has 0 aliphatic carbocycles. The number of anilines is 1. The molecule has 2 heterocycles. The van der Waals surface area contributed by atoms with E-state index in [-0.39, 0.29) is 5.56 Å². The van der Waals surface area contributed by atoms with Gasteiger partial charge < -0.3 is 24.5 Å². The summed E-state index contributed by atoms with van der Waals surface area (Å²) in [6, 6.07) is 11.8. The Bertz CT molecular complexity index is 1410. The van der Waals surface area contributed by atoms with Gasteiger partial charge in [0, 0.05) is 35.0 Å². The molecule has 0 saturated heterocycles. The van der Waals surface area contributed by atoms with Crippen LogP contribution in [0.1, 0.15) is 43.5 Å². The first-order chi connectivity index (χ1) is 17.0. The standard InChI is InChI=1S/C28H33N3O4/c1-6-9-22-19-16-26(35-5)25(34-4)15-18(19)20(28(32)31-22)13-17-14-21-23(10-8-11-24(21)33-3)30-27(17)29-12-7-2/h8,10-11,14-16H,6-7,9,12-13H2,1-5H3,(H,29,30)(H,31,32). The van der Waals surface area contributed by atoms with E-state index in [1.54, 1.807) is 21.3 Å². The van der Waals surface area contributed by atoms with Gasteiger partial charge in [-0.15, -0.1) is 0 Å². The number of nitrogens with one attached hydrogen (secondary N) is 2. The van der Waals surface area contributed by atoms with Crippen molar-refractivity contribution in [1.82, 2.24) is 9.97 Å². The summed E-state index contributed by atoms with van der Waals surface area (Å²) in [5.74, 6) is 2.76. The van der Waals surface area contributed by atoms with Gasteiger partial charge in [0.1, 0.15) is 11.6 Å². The van der Waals surface area contributed by atoms with E-state index in [9.17, 15) is 4.79 Å². The molecule has 7 nitrogen and oxygen atoms in total. The van der Waals surface area contributed by atoms with Gasteiger partial charge in [0.2, 0.25) is 0 Å². The SMILES string of the molecule is CCCNc1nc2cccc(OC)c2cc1Cc1c(=O)[nH]c(CCC)c2cc(OC)c(OC)cc12. The number of benzene rings is 2. The van der Waals surface area contributed by atoms with Crippen molar-refractivity contribution < 1.29 is 14.2 Å². The number of hydrogen-bond donors (Lipinski definition) is 2. The largest absolute Gasteiger partial charge is 0.496 e. The van der Waals surface area contributed by atoms with E-state index in [4.69, 9.17) is 19.2 Å². The van der Waals surface area contributed by atoms with Crippen LogP contribution in [0.25, 0.3) is 21.7 Å². The molecular weight excluding hydrogens is 442 g/mol. The number of ether oxygens (including phenoxy) is 3. The lowest BCUT2D eigenvalue weighted by Gasteiger charge is -2.17. The molecule has 0 atom stereocenters. The third-order valence-electron chi connectivity index (χ3n) is 6.24. The first-order valence-corrected chi connectivity index (χ1v) is 12.0. The van der Waals surface area contributed by atoms with Crippen LogP contribution in [0.5, 0.6) is 17.2 Å². The Kier molecular flexibility index (Phi) is 7.44. The molecule has 7 heteroatoms. The Morgan fingerprint density at radius 2 is 1.60 bits per heavy atom. The molecule has 0 amide bonds. The van der Waals surface area contributed by atoms with Crippen molar-refractivity contribution in [2.24, 2.45) is 0 Å². The van der Waals surface area contributed by atoms with Gasteiger partial charge in [0.25, 0.3) is 5.56 Å². The molecule has 0 saturated carbocycles. The van der Waals surface area contributed by atoms with Crippen LogP contribution in [-0.2, 0) is 12.8 Å². The predicted molar refractivity (Wildman–Crippen MR) is 142 cm³/mol. The zero-order valence-corrected chi connectivity index (χ0v) is 21.1. The highest BCUT2D eigenvalue weighted by Crippen LogP contribution is 2.36. The third-order valence-corrected chi connectivity index (χ3v) is 6.24. The lowest BCUT2D eigenvalue weighted by Crippen LogP contribution is -2.17.